The Morgan fingerprint density at radius 3 is 2.58 bits per heavy atom. The number of nitrogens with zero attached hydrogens (tertiary/aromatic N) is 5. The molecule has 0 atom stereocenters. The highest BCUT2D eigenvalue weighted by molar-refractivity contribution is 6.01. The zero-order valence-electron chi connectivity index (χ0n) is 21.6. The van der Waals surface area contributed by atoms with Gasteiger partial charge in [0.05, 0.1) is 24.4 Å². The molecule has 0 aliphatic carbocycles. The van der Waals surface area contributed by atoms with Crippen molar-refractivity contribution in [3.8, 4) is 5.88 Å². The molecule has 0 bridgehead atoms. The molecule has 1 saturated heterocycles. The van der Waals surface area contributed by atoms with E-state index in [1.54, 1.807) is 19.2 Å². The molecule has 1 amide bonds. The van der Waals surface area contributed by atoms with Crippen molar-refractivity contribution in [1.29, 1.82) is 0 Å². The lowest BCUT2D eigenvalue weighted by Crippen LogP contribution is -2.64. The van der Waals surface area contributed by atoms with Gasteiger partial charge in [-0.2, -0.15) is 8.78 Å². The molecule has 3 heterocycles. The molecule has 10 nitrogen and oxygen atoms in total. The first-order chi connectivity index (χ1) is 18.1. The summed E-state index contributed by atoms with van der Waals surface area (Å²) in [6.07, 6.45) is 1.66. The van der Waals surface area contributed by atoms with Crippen LogP contribution in [0.15, 0.2) is 42.6 Å². The summed E-state index contributed by atoms with van der Waals surface area (Å²) in [6, 6.07) is 10.9. The number of esters is 1. The molecule has 1 aliphatic rings. The minimum Gasteiger partial charge on any atom is -0.468 e. The van der Waals surface area contributed by atoms with Crippen molar-refractivity contribution < 1.29 is 27.8 Å². The number of alkyl halides is 2. The van der Waals surface area contributed by atoms with Crippen LogP contribution in [0, 0.1) is 6.92 Å². The number of methoxy groups -OCH3 is 1. The lowest BCUT2D eigenvalue weighted by Gasteiger charge is -2.50. The van der Waals surface area contributed by atoms with Crippen molar-refractivity contribution in [1.82, 2.24) is 24.9 Å². The van der Waals surface area contributed by atoms with Crippen molar-refractivity contribution >= 4 is 17.6 Å². The Balaban J connectivity index is 1.60. The number of aryl methyl sites for hydroxylation is 1. The van der Waals surface area contributed by atoms with Crippen molar-refractivity contribution in [2.45, 2.75) is 51.8 Å². The number of amides is 1. The van der Waals surface area contributed by atoms with Gasteiger partial charge < -0.3 is 14.8 Å². The van der Waals surface area contributed by atoms with Gasteiger partial charge >= 0.3 is 12.6 Å². The van der Waals surface area contributed by atoms with Crippen LogP contribution in [-0.2, 0) is 32.8 Å². The standard InChI is InChI=1S/C26H30F2N6O4/c1-16(2)19-7-5-6-8-20(19)26(24(36)30-21-10-9-17(3)29-23(21)38-25(27)28)14-33(15-26)11-18-12-34(32-31-18)13-22(35)37-4/h5-10,12,16,25H,11,13-15H2,1-4H3,(H,30,36). The van der Waals surface area contributed by atoms with Gasteiger partial charge in [-0.05, 0) is 36.1 Å². The molecule has 202 valence electrons. The molecular formula is C26H30F2N6O4. The van der Waals surface area contributed by atoms with Crippen LogP contribution < -0.4 is 10.1 Å². The van der Waals surface area contributed by atoms with Crippen molar-refractivity contribution in [3.63, 3.8) is 0 Å². The van der Waals surface area contributed by atoms with Crippen molar-refractivity contribution in [3.05, 3.63) is 65.1 Å². The van der Waals surface area contributed by atoms with Gasteiger partial charge in [0.1, 0.15) is 12.2 Å². The number of benzene rings is 1. The Labute approximate surface area is 218 Å². The number of ether oxygens (including phenoxy) is 2. The Morgan fingerprint density at radius 1 is 1.16 bits per heavy atom. The Morgan fingerprint density at radius 2 is 1.89 bits per heavy atom. The molecule has 0 unspecified atom stereocenters. The van der Waals surface area contributed by atoms with E-state index < -0.39 is 18.0 Å². The number of hydrogen-bond donors (Lipinski definition) is 1. The normalized spacial score (nSPS) is 14.8. The summed E-state index contributed by atoms with van der Waals surface area (Å²) in [5.74, 6) is -0.964. The van der Waals surface area contributed by atoms with Crippen LogP contribution >= 0.6 is 0 Å². The van der Waals surface area contributed by atoms with E-state index in [1.807, 2.05) is 29.2 Å². The highest BCUT2D eigenvalue weighted by Crippen LogP contribution is 2.41. The van der Waals surface area contributed by atoms with Crippen LogP contribution in [0.25, 0.3) is 0 Å². The van der Waals surface area contributed by atoms with Crippen molar-refractivity contribution in [2.24, 2.45) is 0 Å². The van der Waals surface area contributed by atoms with Crippen LogP contribution in [0.5, 0.6) is 5.88 Å². The third-order valence-electron chi connectivity index (χ3n) is 6.46. The number of likely N-dealkylation sites (tertiary alicyclic amines) is 1. The summed E-state index contributed by atoms with van der Waals surface area (Å²) in [6.45, 7) is 3.75. The number of carbonyl (C=O) groups is 2. The summed E-state index contributed by atoms with van der Waals surface area (Å²) in [4.78, 5) is 31.5. The molecule has 38 heavy (non-hydrogen) atoms. The molecule has 0 spiro atoms. The number of halogens is 2. The third-order valence-corrected chi connectivity index (χ3v) is 6.46. The second-order valence-electron chi connectivity index (χ2n) is 9.59. The van der Waals surface area contributed by atoms with Gasteiger partial charge in [0, 0.05) is 25.3 Å². The van der Waals surface area contributed by atoms with Crippen molar-refractivity contribution in [2.75, 3.05) is 25.5 Å². The zero-order valence-corrected chi connectivity index (χ0v) is 21.6. The average Bonchev–Trinajstić information content (AvgIpc) is 3.28. The van der Waals surface area contributed by atoms with E-state index in [1.165, 1.54) is 17.9 Å². The lowest BCUT2D eigenvalue weighted by atomic mass is 9.69. The first-order valence-corrected chi connectivity index (χ1v) is 12.1. The maximum absolute atomic E-state index is 13.9. The second kappa shape index (κ2) is 11.2. The minimum absolute atomic E-state index is 0.0504. The van der Waals surface area contributed by atoms with E-state index in [9.17, 15) is 18.4 Å². The molecule has 1 aromatic carbocycles. The summed E-state index contributed by atoms with van der Waals surface area (Å²) in [5.41, 5.74) is 2.14. The molecule has 1 N–H and O–H groups in total. The monoisotopic (exact) mass is 528 g/mol. The van der Waals surface area contributed by atoms with Gasteiger partial charge in [-0.25, -0.2) is 9.67 Å². The summed E-state index contributed by atoms with van der Waals surface area (Å²) in [5, 5.41) is 10.9. The number of aromatic nitrogens is 4. The first kappa shape index (κ1) is 27.1. The third kappa shape index (κ3) is 5.80. The number of rotatable bonds is 10. The smallest absolute Gasteiger partial charge is 0.388 e. The second-order valence-corrected chi connectivity index (χ2v) is 9.59. The quantitative estimate of drug-likeness (QED) is 0.399. The number of hydrogen-bond acceptors (Lipinski definition) is 8. The fraction of sp³-hybridized carbons (Fsp3) is 0.423. The van der Waals surface area contributed by atoms with Crippen LogP contribution in [0.3, 0.4) is 0 Å². The number of pyridine rings is 1. The van der Waals surface area contributed by atoms with E-state index in [0.717, 1.165) is 11.1 Å². The zero-order chi connectivity index (χ0) is 27.4. The fourth-order valence-electron chi connectivity index (χ4n) is 4.66. The fourth-order valence-corrected chi connectivity index (χ4v) is 4.66. The molecule has 0 radical (unpaired) electrons. The molecule has 3 aromatic rings. The van der Waals surface area contributed by atoms with Crippen LogP contribution in [0.2, 0.25) is 0 Å². The van der Waals surface area contributed by atoms with Gasteiger partial charge in [-0.15, -0.1) is 5.10 Å². The number of anilines is 1. The molecule has 1 aliphatic heterocycles. The van der Waals surface area contributed by atoms with E-state index in [4.69, 9.17) is 0 Å². The Bertz CT molecular complexity index is 1310. The Kier molecular flexibility index (Phi) is 8.00. The maximum Gasteiger partial charge on any atom is 0.388 e. The predicted octanol–water partition coefficient (Wildman–Crippen LogP) is 3.27. The molecular weight excluding hydrogens is 498 g/mol. The van der Waals surface area contributed by atoms with E-state index in [2.05, 4.69) is 43.9 Å². The Hall–Kier alpha value is -3.93. The van der Waals surface area contributed by atoms with Crippen LogP contribution in [0.4, 0.5) is 14.5 Å². The topological polar surface area (TPSA) is 111 Å². The summed E-state index contributed by atoms with van der Waals surface area (Å²) >= 11 is 0. The minimum atomic E-state index is -3.08. The number of nitrogens with one attached hydrogen (secondary N) is 1. The highest BCUT2D eigenvalue weighted by atomic mass is 19.3. The van der Waals surface area contributed by atoms with Gasteiger partial charge in [-0.3, -0.25) is 14.5 Å². The van der Waals surface area contributed by atoms with Gasteiger partial charge in [0.2, 0.25) is 11.8 Å². The number of carbonyl (C=O) groups excluding carboxylic acids is 2. The molecule has 1 fully saturated rings. The lowest BCUT2D eigenvalue weighted by molar-refractivity contribution is -0.141. The first-order valence-electron chi connectivity index (χ1n) is 12.1. The maximum atomic E-state index is 13.9. The molecule has 12 heteroatoms. The predicted molar refractivity (Wildman–Crippen MR) is 134 cm³/mol. The van der Waals surface area contributed by atoms with E-state index in [-0.39, 0.29) is 29.9 Å². The molecule has 2 aromatic heterocycles. The average molecular weight is 529 g/mol. The van der Waals surface area contributed by atoms with E-state index in [0.29, 0.717) is 31.0 Å². The molecule has 0 saturated carbocycles. The highest BCUT2D eigenvalue weighted by Gasteiger charge is 2.51. The van der Waals surface area contributed by atoms with Crippen LogP contribution in [0.1, 0.15) is 42.3 Å². The molecule has 4 rings (SSSR count). The van der Waals surface area contributed by atoms with Gasteiger partial charge in [0.25, 0.3) is 0 Å². The van der Waals surface area contributed by atoms with Crippen LogP contribution in [-0.4, -0.2) is 63.6 Å². The largest absolute Gasteiger partial charge is 0.468 e. The SMILES string of the molecule is COC(=O)Cn1cc(CN2CC(C(=O)Nc3ccc(C)nc3OC(F)F)(c3ccccc3C(C)C)C2)nn1. The summed E-state index contributed by atoms with van der Waals surface area (Å²) < 4.78 is 36.7. The van der Waals surface area contributed by atoms with Gasteiger partial charge in [-0.1, -0.05) is 43.3 Å². The summed E-state index contributed by atoms with van der Waals surface area (Å²) in [7, 11) is 1.30. The van der Waals surface area contributed by atoms with Gasteiger partial charge in [0.15, 0.2) is 0 Å². The van der Waals surface area contributed by atoms with E-state index >= 15 is 0 Å².